The number of anilines is 1. The topological polar surface area (TPSA) is 82.5 Å². The zero-order valence-corrected chi connectivity index (χ0v) is 19.5. The summed E-state index contributed by atoms with van der Waals surface area (Å²) in [5.74, 6) is -0.657. The molecular weight excluding hydrogens is 487 g/mol. The highest BCUT2D eigenvalue weighted by Gasteiger charge is 2.31. The SMILES string of the molecule is O=C(Nc1nc2cc(-c3ccc(OC(F)(F)F)cc3)ccc2c(=O)n1CC1CCCO1)c1ccccc1. The normalized spacial score (nSPS) is 15.6. The second kappa shape index (κ2) is 10.1. The fourth-order valence-electron chi connectivity index (χ4n) is 4.27. The number of rotatable bonds is 6. The maximum absolute atomic E-state index is 13.5. The van der Waals surface area contributed by atoms with E-state index in [0.717, 1.165) is 12.8 Å². The summed E-state index contributed by atoms with van der Waals surface area (Å²) >= 11 is 0. The molecular formula is C27H22F3N3O4. The zero-order valence-electron chi connectivity index (χ0n) is 19.5. The van der Waals surface area contributed by atoms with Gasteiger partial charge < -0.3 is 9.47 Å². The summed E-state index contributed by atoms with van der Waals surface area (Å²) in [6.45, 7) is 0.858. The van der Waals surface area contributed by atoms with E-state index in [9.17, 15) is 22.8 Å². The van der Waals surface area contributed by atoms with Crippen LogP contribution in [0.15, 0.2) is 77.6 Å². The number of carbonyl (C=O) groups excluding carboxylic acids is 1. The standard InChI is InChI=1S/C27H22F3N3O4/c28-27(29,30)37-20-11-8-17(9-12-20)19-10-13-22-23(15-19)31-26(32-24(34)18-5-2-1-3-6-18)33(25(22)35)16-21-7-4-14-36-21/h1-3,5-6,8-13,15,21H,4,7,14,16H2,(H,31,32,34). The van der Waals surface area contributed by atoms with Crippen molar-refractivity contribution >= 4 is 22.8 Å². The molecule has 0 spiro atoms. The van der Waals surface area contributed by atoms with E-state index in [-0.39, 0.29) is 29.9 Å². The fraction of sp³-hybridized carbons (Fsp3) is 0.222. The van der Waals surface area contributed by atoms with Crippen LogP contribution in [0.3, 0.4) is 0 Å². The summed E-state index contributed by atoms with van der Waals surface area (Å²) in [6.07, 6.45) is -3.26. The van der Waals surface area contributed by atoms with Crippen molar-refractivity contribution in [3.63, 3.8) is 0 Å². The molecule has 10 heteroatoms. The molecule has 0 radical (unpaired) electrons. The predicted molar refractivity (Wildman–Crippen MR) is 131 cm³/mol. The molecule has 190 valence electrons. The smallest absolute Gasteiger partial charge is 0.406 e. The maximum Gasteiger partial charge on any atom is 0.573 e. The molecule has 2 heterocycles. The molecule has 37 heavy (non-hydrogen) atoms. The first-order chi connectivity index (χ1) is 17.8. The number of alkyl halides is 3. The highest BCUT2D eigenvalue weighted by atomic mass is 19.4. The number of carbonyl (C=O) groups is 1. The summed E-state index contributed by atoms with van der Waals surface area (Å²) in [5, 5.41) is 3.10. The van der Waals surface area contributed by atoms with Gasteiger partial charge in [0.1, 0.15) is 5.75 Å². The molecule has 1 N–H and O–H groups in total. The molecule has 0 aliphatic carbocycles. The minimum Gasteiger partial charge on any atom is -0.406 e. The lowest BCUT2D eigenvalue weighted by molar-refractivity contribution is -0.274. The van der Waals surface area contributed by atoms with E-state index in [1.807, 2.05) is 0 Å². The number of benzene rings is 3. The summed E-state index contributed by atoms with van der Waals surface area (Å²) in [5.41, 5.74) is 1.66. The lowest BCUT2D eigenvalue weighted by Gasteiger charge is -2.17. The number of hydrogen-bond donors (Lipinski definition) is 1. The van der Waals surface area contributed by atoms with Gasteiger partial charge in [-0.05, 0) is 60.4 Å². The van der Waals surface area contributed by atoms with Gasteiger partial charge in [-0.25, -0.2) is 4.98 Å². The molecule has 1 saturated heterocycles. The third-order valence-corrected chi connectivity index (χ3v) is 6.05. The van der Waals surface area contributed by atoms with Crippen molar-refractivity contribution < 1.29 is 27.4 Å². The molecule has 0 saturated carbocycles. The Bertz CT molecular complexity index is 1480. The Labute approximate surface area is 209 Å². The summed E-state index contributed by atoms with van der Waals surface area (Å²) in [6, 6.07) is 19.0. The second-order valence-electron chi connectivity index (χ2n) is 8.61. The monoisotopic (exact) mass is 509 g/mol. The lowest BCUT2D eigenvalue weighted by atomic mass is 10.0. The zero-order chi connectivity index (χ0) is 26.0. The molecule has 4 aromatic rings. The van der Waals surface area contributed by atoms with Crippen molar-refractivity contribution in [2.24, 2.45) is 0 Å². The van der Waals surface area contributed by atoms with Gasteiger partial charge in [-0.15, -0.1) is 13.2 Å². The fourth-order valence-corrected chi connectivity index (χ4v) is 4.27. The molecule has 1 aliphatic rings. The van der Waals surface area contributed by atoms with Crippen molar-refractivity contribution in [2.45, 2.75) is 31.9 Å². The number of halogens is 3. The number of hydrogen-bond acceptors (Lipinski definition) is 5. The van der Waals surface area contributed by atoms with Crippen molar-refractivity contribution in [1.82, 2.24) is 9.55 Å². The Morgan fingerprint density at radius 3 is 2.46 bits per heavy atom. The van der Waals surface area contributed by atoms with Gasteiger partial charge in [0.05, 0.1) is 23.6 Å². The van der Waals surface area contributed by atoms with Crippen molar-refractivity contribution in [1.29, 1.82) is 0 Å². The van der Waals surface area contributed by atoms with Gasteiger partial charge in [-0.2, -0.15) is 0 Å². The van der Waals surface area contributed by atoms with E-state index < -0.39 is 12.3 Å². The Kier molecular flexibility index (Phi) is 6.66. The van der Waals surface area contributed by atoms with Crippen LogP contribution in [0.2, 0.25) is 0 Å². The van der Waals surface area contributed by atoms with Gasteiger partial charge >= 0.3 is 6.36 Å². The van der Waals surface area contributed by atoms with E-state index in [1.165, 1.54) is 28.8 Å². The average Bonchev–Trinajstić information content (AvgIpc) is 3.39. The first kappa shape index (κ1) is 24.5. The van der Waals surface area contributed by atoms with Crippen LogP contribution in [0.4, 0.5) is 19.1 Å². The summed E-state index contributed by atoms with van der Waals surface area (Å²) < 4.78 is 48.5. The Balaban J connectivity index is 1.53. The van der Waals surface area contributed by atoms with Crippen LogP contribution in [-0.4, -0.2) is 34.5 Å². The minimum atomic E-state index is -4.78. The van der Waals surface area contributed by atoms with E-state index in [1.54, 1.807) is 48.5 Å². The van der Waals surface area contributed by atoms with Crippen LogP contribution in [0.5, 0.6) is 5.75 Å². The molecule has 1 amide bonds. The van der Waals surface area contributed by atoms with Crippen LogP contribution in [0.1, 0.15) is 23.2 Å². The molecule has 0 bridgehead atoms. The first-order valence-electron chi connectivity index (χ1n) is 11.7. The molecule has 5 rings (SSSR count). The number of aromatic nitrogens is 2. The van der Waals surface area contributed by atoms with Gasteiger partial charge in [0.2, 0.25) is 5.95 Å². The van der Waals surface area contributed by atoms with E-state index in [0.29, 0.717) is 34.2 Å². The van der Waals surface area contributed by atoms with Gasteiger partial charge in [0.15, 0.2) is 0 Å². The Morgan fingerprint density at radius 2 is 1.78 bits per heavy atom. The largest absolute Gasteiger partial charge is 0.573 e. The van der Waals surface area contributed by atoms with Crippen LogP contribution < -0.4 is 15.6 Å². The average molecular weight is 509 g/mol. The van der Waals surface area contributed by atoms with Gasteiger partial charge in [-0.3, -0.25) is 19.5 Å². The molecule has 3 aromatic carbocycles. The minimum absolute atomic E-state index is 0.0907. The number of nitrogens with one attached hydrogen (secondary N) is 1. The third-order valence-electron chi connectivity index (χ3n) is 6.05. The lowest BCUT2D eigenvalue weighted by Crippen LogP contribution is -2.31. The van der Waals surface area contributed by atoms with Crippen LogP contribution >= 0.6 is 0 Å². The highest BCUT2D eigenvalue weighted by Crippen LogP contribution is 2.28. The second-order valence-corrected chi connectivity index (χ2v) is 8.61. The van der Waals surface area contributed by atoms with Crippen molar-refractivity contribution in [3.05, 3.63) is 88.7 Å². The van der Waals surface area contributed by atoms with Crippen LogP contribution in [0.25, 0.3) is 22.0 Å². The quantitative estimate of drug-likeness (QED) is 0.377. The van der Waals surface area contributed by atoms with Crippen molar-refractivity contribution in [3.8, 4) is 16.9 Å². The predicted octanol–water partition coefficient (Wildman–Crippen LogP) is 5.39. The van der Waals surface area contributed by atoms with Crippen LogP contribution in [-0.2, 0) is 11.3 Å². The molecule has 1 atom stereocenters. The van der Waals surface area contributed by atoms with E-state index in [2.05, 4.69) is 15.0 Å². The maximum atomic E-state index is 13.5. The van der Waals surface area contributed by atoms with Gasteiger partial charge in [-0.1, -0.05) is 36.4 Å². The Morgan fingerprint density at radius 1 is 1.05 bits per heavy atom. The Hall–Kier alpha value is -4.18. The summed E-state index contributed by atoms with van der Waals surface area (Å²) in [4.78, 5) is 31.0. The summed E-state index contributed by atoms with van der Waals surface area (Å²) in [7, 11) is 0. The first-order valence-corrected chi connectivity index (χ1v) is 11.7. The number of amides is 1. The molecule has 1 aromatic heterocycles. The van der Waals surface area contributed by atoms with E-state index in [4.69, 9.17) is 4.74 Å². The van der Waals surface area contributed by atoms with Crippen LogP contribution in [0, 0.1) is 0 Å². The van der Waals surface area contributed by atoms with Gasteiger partial charge in [0.25, 0.3) is 11.5 Å². The highest BCUT2D eigenvalue weighted by molar-refractivity contribution is 6.03. The molecule has 1 aliphatic heterocycles. The number of fused-ring (bicyclic) bond motifs is 1. The van der Waals surface area contributed by atoms with Crippen molar-refractivity contribution in [2.75, 3.05) is 11.9 Å². The van der Waals surface area contributed by atoms with Gasteiger partial charge in [0, 0.05) is 12.2 Å². The molecule has 7 nitrogen and oxygen atoms in total. The third kappa shape index (κ3) is 5.64. The molecule has 1 fully saturated rings. The van der Waals surface area contributed by atoms with E-state index >= 15 is 0 Å². The molecule has 1 unspecified atom stereocenters. The number of nitrogens with zero attached hydrogens (tertiary/aromatic N) is 2. The number of ether oxygens (including phenoxy) is 2.